The number of nitrogens with one attached hydrogen (secondary N) is 1. The molecule has 2 rings (SSSR count). The second kappa shape index (κ2) is 6.01. The minimum absolute atomic E-state index is 0.0827. The molecule has 1 aromatic carbocycles. The van der Waals surface area contributed by atoms with Gasteiger partial charge in [-0.25, -0.2) is 0 Å². The zero-order valence-electron chi connectivity index (χ0n) is 11.3. The van der Waals surface area contributed by atoms with Crippen molar-refractivity contribution in [1.82, 2.24) is 9.97 Å². The first kappa shape index (κ1) is 13.8. The number of carbonyl (C=O) groups excluding carboxylic acids is 1. The third-order valence-corrected chi connectivity index (χ3v) is 2.88. The van der Waals surface area contributed by atoms with Gasteiger partial charge in [0.1, 0.15) is 5.75 Å². The van der Waals surface area contributed by atoms with E-state index in [0.717, 1.165) is 5.69 Å². The maximum absolute atomic E-state index is 11.2. The van der Waals surface area contributed by atoms with Gasteiger partial charge in [0, 0.05) is 18.0 Å². The summed E-state index contributed by atoms with van der Waals surface area (Å²) in [5, 5.41) is 3.24. The number of primary amides is 1. The van der Waals surface area contributed by atoms with E-state index in [1.54, 1.807) is 43.9 Å². The van der Waals surface area contributed by atoms with Crippen LogP contribution in [-0.4, -0.2) is 23.0 Å². The number of nitrogens with two attached hydrogens (primary N) is 1. The largest absolute Gasteiger partial charge is 0.495 e. The van der Waals surface area contributed by atoms with Gasteiger partial charge in [0.25, 0.3) is 0 Å². The minimum atomic E-state index is -0.483. The fourth-order valence-corrected chi connectivity index (χ4v) is 1.82. The van der Waals surface area contributed by atoms with Gasteiger partial charge in [-0.15, -0.1) is 0 Å². The van der Waals surface area contributed by atoms with Gasteiger partial charge in [-0.05, 0) is 25.1 Å². The fraction of sp³-hybridized carbons (Fsp3) is 0.214. The Kier molecular flexibility index (Phi) is 4.14. The molecule has 1 aromatic heterocycles. The Balaban J connectivity index is 2.27. The quantitative estimate of drug-likeness (QED) is 0.865. The van der Waals surface area contributed by atoms with E-state index in [4.69, 9.17) is 10.5 Å². The van der Waals surface area contributed by atoms with E-state index < -0.39 is 5.91 Å². The van der Waals surface area contributed by atoms with Crippen molar-refractivity contribution in [2.75, 3.05) is 12.4 Å². The van der Waals surface area contributed by atoms with E-state index in [-0.39, 0.29) is 6.04 Å². The van der Waals surface area contributed by atoms with Crippen molar-refractivity contribution in [3.8, 4) is 5.75 Å². The normalized spacial score (nSPS) is 11.7. The van der Waals surface area contributed by atoms with E-state index >= 15 is 0 Å². The molecule has 6 heteroatoms. The van der Waals surface area contributed by atoms with Gasteiger partial charge in [0.05, 0.1) is 30.7 Å². The number of rotatable bonds is 5. The maximum atomic E-state index is 11.2. The standard InChI is InChI=1S/C14H16N4O2/c1-9(12-8-16-5-6-17-12)18-11-7-10(14(15)19)3-4-13(11)20-2/h3-9,18H,1-2H3,(H2,15,19). The highest BCUT2D eigenvalue weighted by atomic mass is 16.5. The Labute approximate surface area is 117 Å². The van der Waals surface area contributed by atoms with Crippen molar-refractivity contribution in [1.29, 1.82) is 0 Å². The molecule has 1 amide bonds. The summed E-state index contributed by atoms with van der Waals surface area (Å²) < 4.78 is 5.27. The van der Waals surface area contributed by atoms with Crippen LogP contribution in [0, 0.1) is 0 Å². The van der Waals surface area contributed by atoms with Gasteiger partial charge >= 0.3 is 0 Å². The summed E-state index contributed by atoms with van der Waals surface area (Å²) in [5.41, 5.74) is 7.18. The Morgan fingerprint density at radius 2 is 2.20 bits per heavy atom. The number of amides is 1. The molecule has 1 unspecified atom stereocenters. The van der Waals surface area contributed by atoms with E-state index in [1.165, 1.54) is 0 Å². The van der Waals surface area contributed by atoms with E-state index in [2.05, 4.69) is 15.3 Å². The van der Waals surface area contributed by atoms with Crippen LogP contribution < -0.4 is 15.8 Å². The molecule has 104 valence electrons. The molecule has 1 heterocycles. The Bertz CT molecular complexity index is 601. The number of benzene rings is 1. The second-order valence-electron chi connectivity index (χ2n) is 4.28. The Hall–Kier alpha value is -2.63. The highest BCUT2D eigenvalue weighted by molar-refractivity contribution is 5.94. The van der Waals surface area contributed by atoms with Gasteiger partial charge in [-0.1, -0.05) is 0 Å². The van der Waals surface area contributed by atoms with Gasteiger partial charge in [-0.3, -0.25) is 14.8 Å². The Morgan fingerprint density at radius 1 is 1.40 bits per heavy atom. The number of aromatic nitrogens is 2. The van der Waals surface area contributed by atoms with Crippen LogP contribution in [0.5, 0.6) is 5.75 Å². The molecule has 0 aliphatic heterocycles. The first-order valence-electron chi connectivity index (χ1n) is 6.12. The molecule has 0 spiro atoms. The average Bonchev–Trinajstić information content (AvgIpc) is 2.48. The summed E-state index contributed by atoms with van der Waals surface area (Å²) in [6.07, 6.45) is 4.93. The molecule has 0 fully saturated rings. The van der Waals surface area contributed by atoms with Crippen LogP contribution >= 0.6 is 0 Å². The molecule has 6 nitrogen and oxygen atoms in total. The zero-order chi connectivity index (χ0) is 14.5. The van der Waals surface area contributed by atoms with Gasteiger partial charge in [-0.2, -0.15) is 0 Å². The van der Waals surface area contributed by atoms with E-state index in [1.807, 2.05) is 6.92 Å². The summed E-state index contributed by atoms with van der Waals surface area (Å²) in [7, 11) is 1.57. The molecule has 3 N–H and O–H groups in total. The predicted molar refractivity (Wildman–Crippen MR) is 75.6 cm³/mol. The van der Waals surface area contributed by atoms with Gasteiger partial charge < -0.3 is 15.8 Å². The third-order valence-electron chi connectivity index (χ3n) is 2.88. The SMILES string of the molecule is COc1ccc(C(N)=O)cc1NC(C)c1cnccn1. The van der Waals surface area contributed by atoms with E-state index in [0.29, 0.717) is 17.0 Å². The van der Waals surface area contributed by atoms with Gasteiger partial charge in [0.15, 0.2) is 0 Å². The number of hydrogen-bond donors (Lipinski definition) is 2. The van der Waals surface area contributed by atoms with E-state index in [9.17, 15) is 4.79 Å². The van der Waals surface area contributed by atoms with Crippen LogP contribution in [0.25, 0.3) is 0 Å². The lowest BCUT2D eigenvalue weighted by Crippen LogP contribution is -2.13. The molecular formula is C14H16N4O2. The second-order valence-corrected chi connectivity index (χ2v) is 4.28. The van der Waals surface area contributed by atoms with Crippen LogP contribution in [0.15, 0.2) is 36.8 Å². The summed E-state index contributed by atoms with van der Waals surface area (Å²) in [4.78, 5) is 19.5. The topological polar surface area (TPSA) is 90.1 Å². The molecule has 0 aliphatic rings. The van der Waals surface area contributed by atoms with Crippen molar-refractivity contribution in [3.05, 3.63) is 48.0 Å². The number of hydrogen-bond acceptors (Lipinski definition) is 5. The third kappa shape index (κ3) is 3.03. The summed E-state index contributed by atoms with van der Waals surface area (Å²) in [6, 6.07) is 4.90. The van der Waals surface area contributed by atoms with Crippen molar-refractivity contribution in [2.45, 2.75) is 13.0 Å². The highest BCUT2D eigenvalue weighted by Crippen LogP contribution is 2.28. The van der Waals surface area contributed by atoms with Crippen LogP contribution in [-0.2, 0) is 0 Å². The first-order valence-corrected chi connectivity index (χ1v) is 6.12. The average molecular weight is 272 g/mol. The van der Waals surface area contributed by atoms with Crippen molar-refractivity contribution in [3.63, 3.8) is 0 Å². The number of carbonyl (C=O) groups is 1. The van der Waals surface area contributed by atoms with Crippen LogP contribution in [0.3, 0.4) is 0 Å². The molecule has 2 aromatic rings. The molecule has 0 aliphatic carbocycles. The zero-order valence-corrected chi connectivity index (χ0v) is 11.3. The van der Waals surface area contributed by atoms with Crippen LogP contribution in [0.1, 0.15) is 29.0 Å². The smallest absolute Gasteiger partial charge is 0.248 e. The number of methoxy groups -OCH3 is 1. The molecule has 0 bridgehead atoms. The Morgan fingerprint density at radius 3 is 2.80 bits per heavy atom. The number of ether oxygens (including phenoxy) is 1. The van der Waals surface area contributed by atoms with Crippen LogP contribution in [0.2, 0.25) is 0 Å². The van der Waals surface area contributed by atoms with Crippen molar-refractivity contribution < 1.29 is 9.53 Å². The molecule has 0 saturated carbocycles. The molecular weight excluding hydrogens is 256 g/mol. The monoisotopic (exact) mass is 272 g/mol. The van der Waals surface area contributed by atoms with Crippen molar-refractivity contribution in [2.24, 2.45) is 5.73 Å². The lowest BCUT2D eigenvalue weighted by Gasteiger charge is -2.17. The van der Waals surface area contributed by atoms with Crippen molar-refractivity contribution >= 4 is 11.6 Å². The lowest BCUT2D eigenvalue weighted by molar-refractivity contribution is 0.100. The predicted octanol–water partition coefficient (Wildman–Crippen LogP) is 1.76. The molecule has 0 radical (unpaired) electrons. The number of anilines is 1. The minimum Gasteiger partial charge on any atom is -0.495 e. The fourth-order valence-electron chi connectivity index (χ4n) is 1.82. The highest BCUT2D eigenvalue weighted by Gasteiger charge is 2.12. The summed E-state index contributed by atoms with van der Waals surface area (Å²) in [5.74, 6) is 0.147. The van der Waals surface area contributed by atoms with Crippen LogP contribution in [0.4, 0.5) is 5.69 Å². The molecule has 1 atom stereocenters. The molecule has 20 heavy (non-hydrogen) atoms. The van der Waals surface area contributed by atoms with Gasteiger partial charge in [0.2, 0.25) is 5.91 Å². The summed E-state index contributed by atoms with van der Waals surface area (Å²) >= 11 is 0. The molecule has 0 saturated heterocycles. The summed E-state index contributed by atoms with van der Waals surface area (Å²) in [6.45, 7) is 1.94. The first-order chi connectivity index (χ1) is 9.61. The lowest BCUT2D eigenvalue weighted by atomic mass is 10.1. The number of nitrogens with zero attached hydrogens (tertiary/aromatic N) is 2. The maximum Gasteiger partial charge on any atom is 0.248 e.